The highest BCUT2D eigenvalue weighted by molar-refractivity contribution is 7.14. The highest BCUT2D eigenvalue weighted by Gasteiger charge is 2.26. The SMILES string of the molecule is CN(CC1COc2ccccc2O1)C(=O)c1cc2c(s1)CCC2. The smallest absolute Gasteiger partial charge is 0.263 e. The predicted molar refractivity (Wildman–Crippen MR) is 89.7 cm³/mol. The quantitative estimate of drug-likeness (QED) is 0.868. The molecule has 1 amide bonds. The monoisotopic (exact) mass is 329 g/mol. The van der Waals surface area contributed by atoms with Crippen LogP contribution in [0.2, 0.25) is 0 Å². The van der Waals surface area contributed by atoms with E-state index in [-0.39, 0.29) is 12.0 Å². The third-order valence-corrected chi connectivity index (χ3v) is 5.57. The van der Waals surface area contributed by atoms with E-state index in [1.807, 2.05) is 31.3 Å². The fourth-order valence-corrected chi connectivity index (χ4v) is 4.41. The molecule has 2 heterocycles. The predicted octanol–water partition coefficient (Wildman–Crippen LogP) is 3.15. The van der Waals surface area contributed by atoms with Crippen LogP contribution in [-0.4, -0.2) is 37.1 Å². The van der Waals surface area contributed by atoms with E-state index in [0.29, 0.717) is 13.2 Å². The van der Waals surface area contributed by atoms with E-state index in [1.54, 1.807) is 16.2 Å². The Balaban J connectivity index is 1.41. The van der Waals surface area contributed by atoms with Gasteiger partial charge in [0.2, 0.25) is 0 Å². The van der Waals surface area contributed by atoms with Gasteiger partial charge in [0.15, 0.2) is 17.6 Å². The zero-order valence-corrected chi connectivity index (χ0v) is 13.9. The maximum Gasteiger partial charge on any atom is 0.263 e. The number of fused-ring (bicyclic) bond motifs is 2. The number of likely N-dealkylation sites (N-methyl/N-ethyl adjacent to an activating group) is 1. The second-order valence-corrected chi connectivity index (χ2v) is 7.23. The minimum absolute atomic E-state index is 0.0758. The zero-order chi connectivity index (χ0) is 15.8. The van der Waals surface area contributed by atoms with Crippen LogP contribution in [0.4, 0.5) is 0 Å². The Morgan fingerprint density at radius 2 is 2.13 bits per heavy atom. The molecular weight excluding hydrogens is 310 g/mol. The van der Waals surface area contributed by atoms with Gasteiger partial charge in [0, 0.05) is 11.9 Å². The second-order valence-electron chi connectivity index (χ2n) is 6.10. The summed E-state index contributed by atoms with van der Waals surface area (Å²) < 4.78 is 11.6. The molecule has 4 rings (SSSR count). The Morgan fingerprint density at radius 1 is 1.30 bits per heavy atom. The normalized spacial score (nSPS) is 18.6. The molecule has 5 heteroatoms. The first-order chi connectivity index (χ1) is 11.2. The van der Waals surface area contributed by atoms with Crippen LogP contribution in [0.1, 0.15) is 26.5 Å². The molecule has 0 bridgehead atoms. The number of thiophene rings is 1. The summed E-state index contributed by atoms with van der Waals surface area (Å²) in [6.45, 7) is 0.991. The topological polar surface area (TPSA) is 38.8 Å². The summed E-state index contributed by atoms with van der Waals surface area (Å²) in [6.07, 6.45) is 3.32. The van der Waals surface area contributed by atoms with Gasteiger partial charge in [-0.2, -0.15) is 0 Å². The number of carbonyl (C=O) groups excluding carboxylic acids is 1. The van der Waals surface area contributed by atoms with Gasteiger partial charge >= 0.3 is 0 Å². The largest absolute Gasteiger partial charge is 0.486 e. The number of rotatable bonds is 3. The molecule has 2 aromatic rings. The fourth-order valence-electron chi connectivity index (χ4n) is 3.16. The first-order valence-electron chi connectivity index (χ1n) is 7.96. The van der Waals surface area contributed by atoms with Crippen molar-refractivity contribution < 1.29 is 14.3 Å². The van der Waals surface area contributed by atoms with Gasteiger partial charge in [-0.3, -0.25) is 4.79 Å². The van der Waals surface area contributed by atoms with Crippen LogP contribution in [0.15, 0.2) is 30.3 Å². The first-order valence-corrected chi connectivity index (χ1v) is 8.78. The lowest BCUT2D eigenvalue weighted by molar-refractivity contribution is 0.0524. The summed E-state index contributed by atoms with van der Waals surface area (Å²) in [5.74, 6) is 1.60. The Bertz CT molecular complexity index is 718. The van der Waals surface area contributed by atoms with Crippen molar-refractivity contribution in [3.8, 4) is 11.5 Å². The van der Waals surface area contributed by atoms with Crippen molar-refractivity contribution in [2.75, 3.05) is 20.2 Å². The molecule has 120 valence electrons. The number of hydrogen-bond acceptors (Lipinski definition) is 4. The molecule has 4 nitrogen and oxygen atoms in total. The molecule has 23 heavy (non-hydrogen) atoms. The summed E-state index contributed by atoms with van der Waals surface area (Å²) in [4.78, 5) is 16.6. The van der Waals surface area contributed by atoms with E-state index in [2.05, 4.69) is 6.07 Å². The molecule has 1 atom stereocenters. The number of benzene rings is 1. The van der Waals surface area contributed by atoms with Crippen LogP contribution in [0.3, 0.4) is 0 Å². The molecule has 1 aromatic heterocycles. The Morgan fingerprint density at radius 3 is 2.96 bits per heavy atom. The van der Waals surface area contributed by atoms with E-state index < -0.39 is 0 Å². The van der Waals surface area contributed by atoms with Gasteiger partial charge in [0.25, 0.3) is 5.91 Å². The number of aryl methyl sites for hydroxylation is 2. The highest BCUT2D eigenvalue weighted by Crippen LogP contribution is 2.32. The van der Waals surface area contributed by atoms with E-state index in [4.69, 9.17) is 9.47 Å². The Labute approximate surface area is 139 Å². The lowest BCUT2D eigenvalue weighted by Gasteiger charge is -2.29. The summed E-state index contributed by atoms with van der Waals surface area (Å²) in [5, 5.41) is 0. The van der Waals surface area contributed by atoms with Gasteiger partial charge in [-0.05, 0) is 43.0 Å². The summed E-state index contributed by atoms with van der Waals surface area (Å²) in [5.41, 5.74) is 1.36. The van der Waals surface area contributed by atoms with Crippen LogP contribution < -0.4 is 9.47 Å². The second kappa shape index (κ2) is 5.89. The molecule has 0 saturated heterocycles. The van der Waals surface area contributed by atoms with Crippen LogP contribution in [0.25, 0.3) is 0 Å². The van der Waals surface area contributed by atoms with E-state index in [0.717, 1.165) is 29.2 Å². The van der Waals surface area contributed by atoms with Gasteiger partial charge in [0.1, 0.15) is 6.61 Å². The zero-order valence-electron chi connectivity index (χ0n) is 13.1. The maximum absolute atomic E-state index is 12.6. The lowest BCUT2D eigenvalue weighted by atomic mass is 10.2. The molecule has 0 saturated carbocycles. The Kier molecular flexibility index (Phi) is 3.73. The van der Waals surface area contributed by atoms with Gasteiger partial charge in [-0.1, -0.05) is 12.1 Å². The molecule has 1 unspecified atom stereocenters. The minimum Gasteiger partial charge on any atom is -0.486 e. The maximum atomic E-state index is 12.6. The van der Waals surface area contributed by atoms with Gasteiger partial charge in [0.05, 0.1) is 11.4 Å². The average Bonchev–Trinajstić information content (AvgIpc) is 3.15. The van der Waals surface area contributed by atoms with Gasteiger partial charge < -0.3 is 14.4 Å². The minimum atomic E-state index is -0.134. The number of hydrogen-bond donors (Lipinski definition) is 0. The number of amides is 1. The standard InChI is InChI=1S/C18H19NO3S/c1-19(18(20)17-9-12-5-4-8-16(12)23-17)10-13-11-21-14-6-2-3-7-15(14)22-13/h2-3,6-7,9,13H,4-5,8,10-11H2,1H3. The molecule has 0 fully saturated rings. The lowest BCUT2D eigenvalue weighted by Crippen LogP contribution is -2.41. The molecular formula is C18H19NO3S. The number of para-hydroxylation sites is 2. The third kappa shape index (κ3) is 2.81. The molecule has 2 aliphatic rings. The highest BCUT2D eigenvalue weighted by atomic mass is 32.1. The number of ether oxygens (including phenoxy) is 2. The first kappa shape index (κ1) is 14.6. The van der Waals surface area contributed by atoms with Crippen molar-refractivity contribution in [2.45, 2.75) is 25.4 Å². The summed E-state index contributed by atoms with van der Waals surface area (Å²) in [7, 11) is 1.83. The van der Waals surface area contributed by atoms with Crippen molar-refractivity contribution in [2.24, 2.45) is 0 Å². The molecule has 0 spiro atoms. The van der Waals surface area contributed by atoms with Crippen LogP contribution in [0.5, 0.6) is 11.5 Å². The molecule has 1 aromatic carbocycles. The molecule has 1 aliphatic carbocycles. The van der Waals surface area contributed by atoms with E-state index in [9.17, 15) is 4.79 Å². The van der Waals surface area contributed by atoms with Crippen molar-refractivity contribution in [3.05, 3.63) is 45.6 Å². The van der Waals surface area contributed by atoms with Crippen molar-refractivity contribution in [1.82, 2.24) is 4.90 Å². The average molecular weight is 329 g/mol. The Hall–Kier alpha value is -2.01. The van der Waals surface area contributed by atoms with Crippen LogP contribution >= 0.6 is 11.3 Å². The van der Waals surface area contributed by atoms with Crippen molar-refractivity contribution in [1.29, 1.82) is 0 Å². The molecule has 0 radical (unpaired) electrons. The molecule has 0 N–H and O–H groups in total. The number of nitrogens with zero attached hydrogens (tertiary/aromatic N) is 1. The van der Waals surface area contributed by atoms with E-state index >= 15 is 0 Å². The molecule has 1 aliphatic heterocycles. The van der Waals surface area contributed by atoms with Crippen LogP contribution in [0, 0.1) is 0 Å². The van der Waals surface area contributed by atoms with Crippen molar-refractivity contribution in [3.63, 3.8) is 0 Å². The third-order valence-electron chi connectivity index (χ3n) is 4.35. The van der Waals surface area contributed by atoms with E-state index in [1.165, 1.54) is 16.9 Å². The fraction of sp³-hybridized carbons (Fsp3) is 0.389. The summed E-state index contributed by atoms with van der Waals surface area (Å²) in [6, 6.07) is 9.71. The van der Waals surface area contributed by atoms with Crippen LogP contribution in [-0.2, 0) is 12.8 Å². The van der Waals surface area contributed by atoms with Gasteiger partial charge in [-0.15, -0.1) is 11.3 Å². The number of carbonyl (C=O) groups is 1. The summed E-state index contributed by atoms with van der Waals surface area (Å²) >= 11 is 1.65. The van der Waals surface area contributed by atoms with Gasteiger partial charge in [-0.25, -0.2) is 0 Å². The van der Waals surface area contributed by atoms with Crippen molar-refractivity contribution >= 4 is 17.2 Å².